The second-order valence-corrected chi connectivity index (χ2v) is 4.70. The number of hydrogen-bond donors (Lipinski definition) is 1. The molecule has 2 aromatic rings. The molecule has 0 saturated carbocycles. The first-order chi connectivity index (χ1) is 11.5. The number of nitro groups is 1. The number of alkyl halides is 2. The lowest BCUT2D eigenvalue weighted by Crippen LogP contribution is -2.05. The van der Waals surface area contributed by atoms with Crippen LogP contribution in [0.15, 0.2) is 53.6 Å². The molecule has 2 aromatic carbocycles. The zero-order chi connectivity index (χ0) is 17.5. The third kappa shape index (κ3) is 4.48. The smallest absolute Gasteiger partial charge is 0.387 e. The molecule has 0 aromatic heterocycles. The second kappa shape index (κ2) is 8.00. The van der Waals surface area contributed by atoms with E-state index < -0.39 is 11.5 Å². The van der Waals surface area contributed by atoms with Gasteiger partial charge in [0.25, 0.3) is 5.69 Å². The van der Waals surface area contributed by atoms with E-state index in [9.17, 15) is 18.9 Å². The number of nitrogens with zero attached hydrogens (tertiary/aromatic N) is 2. The number of para-hydroxylation sites is 2. The van der Waals surface area contributed by atoms with E-state index in [-0.39, 0.29) is 17.1 Å². The summed E-state index contributed by atoms with van der Waals surface area (Å²) in [6.07, 6.45) is 0.544. The molecule has 0 heterocycles. The number of rotatable bonds is 7. The normalized spacial score (nSPS) is 11.4. The predicted molar refractivity (Wildman–Crippen MR) is 86.6 cm³/mol. The Bertz CT molecular complexity index is 734. The summed E-state index contributed by atoms with van der Waals surface area (Å²) in [6.45, 7) is -1.01. The van der Waals surface area contributed by atoms with E-state index in [1.165, 1.54) is 18.2 Å². The molecule has 0 amide bonds. The van der Waals surface area contributed by atoms with Crippen molar-refractivity contribution < 1.29 is 18.4 Å². The average Bonchev–Trinajstić information content (AvgIpc) is 2.56. The van der Waals surface area contributed by atoms with E-state index >= 15 is 0 Å². The molecule has 0 fully saturated rings. The predicted octanol–water partition coefficient (Wildman–Crippen LogP) is 4.42. The molecule has 126 valence electrons. The first-order valence-electron chi connectivity index (χ1n) is 7.12. The molecule has 0 aliphatic rings. The first kappa shape index (κ1) is 17.3. The molecular weight excluding hydrogens is 320 g/mol. The maximum absolute atomic E-state index is 12.1. The van der Waals surface area contributed by atoms with Gasteiger partial charge in [-0.2, -0.15) is 13.9 Å². The van der Waals surface area contributed by atoms with Gasteiger partial charge in [0.1, 0.15) is 11.4 Å². The number of hydrogen-bond acceptors (Lipinski definition) is 5. The van der Waals surface area contributed by atoms with E-state index in [0.29, 0.717) is 17.7 Å². The van der Waals surface area contributed by atoms with Crippen molar-refractivity contribution in [3.8, 4) is 5.75 Å². The Morgan fingerprint density at radius 3 is 2.50 bits per heavy atom. The van der Waals surface area contributed by atoms with E-state index in [1.807, 2.05) is 6.92 Å². The third-order valence-corrected chi connectivity index (χ3v) is 3.16. The van der Waals surface area contributed by atoms with E-state index in [2.05, 4.69) is 15.3 Å². The summed E-state index contributed by atoms with van der Waals surface area (Å²) in [5, 5.41) is 15.2. The van der Waals surface area contributed by atoms with Gasteiger partial charge in [0.2, 0.25) is 0 Å². The highest BCUT2D eigenvalue weighted by Crippen LogP contribution is 2.23. The zero-order valence-electron chi connectivity index (χ0n) is 12.8. The van der Waals surface area contributed by atoms with Crippen molar-refractivity contribution in [3.63, 3.8) is 0 Å². The van der Waals surface area contributed by atoms with Crippen molar-refractivity contribution in [2.45, 2.75) is 20.0 Å². The van der Waals surface area contributed by atoms with Crippen LogP contribution < -0.4 is 10.2 Å². The number of nitrogens with one attached hydrogen (secondary N) is 1. The highest BCUT2D eigenvalue weighted by molar-refractivity contribution is 6.00. The Morgan fingerprint density at radius 1 is 1.25 bits per heavy atom. The Balaban J connectivity index is 2.19. The lowest BCUT2D eigenvalue weighted by molar-refractivity contribution is -0.384. The van der Waals surface area contributed by atoms with Crippen molar-refractivity contribution in [3.05, 3.63) is 64.2 Å². The van der Waals surface area contributed by atoms with Crippen LogP contribution in [0.1, 0.15) is 18.9 Å². The molecule has 0 unspecified atom stereocenters. The average molecular weight is 335 g/mol. The molecule has 1 N–H and O–H groups in total. The van der Waals surface area contributed by atoms with Gasteiger partial charge < -0.3 is 4.74 Å². The van der Waals surface area contributed by atoms with E-state index in [1.54, 1.807) is 30.3 Å². The van der Waals surface area contributed by atoms with Gasteiger partial charge in [-0.15, -0.1) is 0 Å². The van der Waals surface area contributed by atoms with Gasteiger partial charge in [-0.25, -0.2) is 0 Å². The minimum absolute atomic E-state index is 0.0517. The summed E-state index contributed by atoms with van der Waals surface area (Å²) < 4.78 is 28.6. The highest BCUT2D eigenvalue weighted by Gasteiger charge is 2.12. The van der Waals surface area contributed by atoms with Crippen LogP contribution >= 0.6 is 0 Å². The number of anilines is 1. The molecule has 6 nitrogen and oxygen atoms in total. The van der Waals surface area contributed by atoms with Gasteiger partial charge in [0, 0.05) is 6.07 Å². The number of ether oxygens (including phenoxy) is 1. The number of hydrazone groups is 1. The fourth-order valence-electron chi connectivity index (χ4n) is 2.03. The van der Waals surface area contributed by atoms with Crippen LogP contribution in [0.2, 0.25) is 0 Å². The lowest BCUT2D eigenvalue weighted by atomic mass is 10.1. The third-order valence-electron chi connectivity index (χ3n) is 3.16. The fraction of sp³-hybridized carbons (Fsp3) is 0.188. The topological polar surface area (TPSA) is 76.8 Å². The molecule has 2 rings (SSSR count). The van der Waals surface area contributed by atoms with Crippen molar-refractivity contribution in [1.29, 1.82) is 0 Å². The molecule has 0 bridgehead atoms. The molecule has 0 saturated heterocycles. The van der Waals surface area contributed by atoms with Gasteiger partial charge in [0.15, 0.2) is 0 Å². The van der Waals surface area contributed by atoms with Crippen LogP contribution in [0.3, 0.4) is 0 Å². The zero-order valence-corrected chi connectivity index (χ0v) is 12.8. The summed E-state index contributed by atoms with van der Waals surface area (Å²) in [4.78, 5) is 10.5. The minimum Gasteiger partial charge on any atom is -0.435 e. The molecule has 0 atom stereocenters. The van der Waals surface area contributed by atoms with Crippen LogP contribution in [0.4, 0.5) is 20.2 Å². The van der Waals surface area contributed by atoms with Crippen LogP contribution in [0, 0.1) is 10.1 Å². The van der Waals surface area contributed by atoms with Crippen molar-refractivity contribution in [1.82, 2.24) is 0 Å². The fourth-order valence-corrected chi connectivity index (χ4v) is 2.03. The van der Waals surface area contributed by atoms with Crippen molar-refractivity contribution in [2.75, 3.05) is 5.43 Å². The molecule has 0 aliphatic heterocycles. The van der Waals surface area contributed by atoms with Crippen LogP contribution in [0.25, 0.3) is 0 Å². The molecule has 24 heavy (non-hydrogen) atoms. The summed E-state index contributed by atoms with van der Waals surface area (Å²) in [5.41, 5.74) is 4.19. The van der Waals surface area contributed by atoms with E-state index in [4.69, 9.17) is 0 Å². The molecule has 0 radical (unpaired) electrons. The SMILES string of the molecule is CC/C(=N\Nc1ccccc1[N+](=O)[O-])c1ccc(OC(F)F)cc1. The largest absolute Gasteiger partial charge is 0.435 e. The number of benzene rings is 2. The summed E-state index contributed by atoms with van der Waals surface area (Å²) in [5.74, 6) is 0.0517. The Labute approximate surface area is 136 Å². The molecule has 0 aliphatic carbocycles. The van der Waals surface area contributed by atoms with E-state index in [0.717, 1.165) is 0 Å². The van der Waals surface area contributed by atoms with Crippen LogP contribution in [0.5, 0.6) is 5.75 Å². The maximum atomic E-state index is 12.1. The monoisotopic (exact) mass is 335 g/mol. The number of nitro benzene ring substituents is 1. The van der Waals surface area contributed by atoms with Gasteiger partial charge in [0.05, 0.1) is 10.6 Å². The van der Waals surface area contributed by atoms with Crippen molar-refractivity contribution in [2.24, 2.45) is 5.10 Å². The first-order valence-corrected chi connectivity index (χ1v) is 7.12. The Hall–Kier alpha value is -3.03. The van der Waals surface area contributed by atoms with Gasteiger partial charge >= 0.3 is 6.61 Å². The molecule has 8 heteroatoms. The van der Waals surface area contributed by atoms with Gasteiger partial charge in [-0.3, -0.25) is 15.5 Å². The van der Waals surface area contributed by atoms with Gasteiger partial charge in [-0.05, 0) is 42.3 Å². The Kier molecular flexibility index (Phi) is 5.78. The standard InChI is InChI=1S/C16H15F2N3O3/c1-2-13(11-7-9-12(10-8-11)24-16(17)18)19-20-14-5-3-4-6-15(14)21(22)23/h3-10,16,20H,2H2,1H3/b19-13+. The van der Waals surface area contributed by atoms with Crippen molar-refractivity contribution >= 4 is 17.1 Å². The Morgan fingerprint density at radius 2 is 1.92 bits per heavy atom. The highest BCUT2D eigenvalue weighted by atomic mass is 19.3. The van der Waals surface area contributed by atoms with Gasteiger partial charge in [-0.1, -0.05) is 19.1 Å². The second-order valence-electron chi connectivity index (χ2n) is 4.70. The molecule has 0 spiro atoms. The van der Waals surface area contributed by atoms with Crippen LogP contribution in [-0.2, 0) is 0 Å². The maximum Gasteiger partial charge on any atom is 0.387 e. The summed E-state index contributed by atoms with van der Waals surface area (Å²) >= 11 is 0. The lowest BCUT2D eigenvalue weighted by Gasteiger charge is -2.08. The minimum atomic E-state index is -2.88. The van der Waals surface area contributed by atoms with Crippen LogP contribution in [-0.4, -0.2) is 17.2 Å². The number of halogens is 2. The summed E-state index contributed by atoms with van der Waals surface area (Å²) in [6, 6.07) is 12.2. The summed E-state index contributed by atoms with van der Waals surface area (Å²) in [7, 11) is 0. The molecular formula is C16H15F2N3O3. The quantitative estimate of drug-likeness (QED) is 0.461.